The molecular weight excluding hydrogens is 902 g/mol. The highest BCUT2D eigenvalue weighted by molar-refractivity contribution is 7.90. The SMILES string of the molecule is C=C[C@@H]1C[C@]1(CC(=O)[C@@H]1C[C@@H](Oc2ncc(OC)c3ccc(Cl)cc23)CN1C(=O)[C@@H](Cc1nc(-c2c(Cl)cccc2Cl)cs1)C(C)(C)C)C(=O)NS(=O)(=O)C1CC1.Cl.Cl. The Hall–Kier alpha value is -3.17. The van der Waals surface area contributed by atoms with Crippen LogP contribution in [0.3, 0.4) is 0 Å². The van der Waals surface area contributed by atoms with E-state index in [2.05, 4.69) is 16.3 Å². The van der Waals surface area contributed by atoms with Gasteiger partial charge in [0.05, 0.1) is 57.3 Å². The fourth-order valence-electron chi connectivity index (χ4n) is 7.72. The van der Waals surface area contributed by atoms with E-state index in [1.54, 1.807) is 53.6 Å². The molecule has 3 fully saturated rings. The number of nitrogens with one attached hydrogen (secondary N) is 1. The zero-order valence-electron chi connectivity index (χ0n) is 32.7. The third kappa shape index (κ3) is 9.67. The Kier molecular flexibility index (Phi) is 14.3. The van der Waals surface area contributed by atoms with Crippen LogP contribution < -0.4 is 14.2 Å². The van der Waals surface area contributed by atoms with Gasteiger partial charge >= 0.3 is 0 Å². The molecular formula is C41H45Cl5N4O7S2. The second kappa shape index (κ2) is 18.0. The number of ketones is 1. The zero-order valence-corrected chi connectivity index (χ0v) is 38.2. The van der Waals surface area contributed by atoms with E-state index < -0.39 is 56.0 Å². The van der Waals surface area contributed by atoms with E-state index >= 15 is 0 Å². The third-order valence-corrected chi connectivity index (χ3v) is 14.8. The molecule has 0 bridgehead atoms. The van der Waals surface area contributed by atoms with Gasteiger partial charge in [0.1, 0.15) is 11.9 Å². The number of aromatic nitrogens is 2. The maximum absolute atomic E-state index is 15.0. The molecule has 7 rings (SSSR count). The molecule has 2 aromatic carbocycles. The molecule has 3 heterocycles. The number of hydrogen-bond acceptors (Lipinski definition) is 10. The number of amides is 2. The van der Waals surface area contributed by atoms with Crippen molar-refractivity contribution >= 4 is 109 Å². The molecule has 1 N–H and O–H groups in total. The van der Waals surface area contributed by atoms with Crippen LogP contribution in [0, 0.1) is 22.7 Å². The highest BCUT2D eigenvalue weighted by Crippen LogP contribution is 2.57. The number of likely N-dealkylation sites (tertiary alicyclic amines) is 1. The number of nitrogens with zero attached hydrogens (tertiary/aromatic N) is 3. The summed E-state index contributed by atoms with van der Waals surface area (Å²) in [7, 11) is -2.32. The summed E-state index contributed by atoms with van der Waals surface area (Å²) < 4.78 is 39.9. The minimum absolute atomic E-state index is 0. The number of carbonyl (C=O) groups is 3. The molecule has 1 saturated heterocycles. The van der Waals surface area contributed by atoms with Gasteiger partial charge in [-0.1, -0.05) is 67.7 Å². The van der Waals surface area contributed by atoms with Crippen molar-refractivity contribution in [2.24, 2.45) is 22.7 Å². The minimum atomic E-state index is -3.86. The number of fused-ring (bicyclic) bond motifs is 1. The smallest absolute Gasteiger partial charge is 0.240 e. The molecule has 1 aliphatic heterocycles. The van der Waals surface area contributed by atoms with Crippen molar-refractivity contribution in [3.05, 3.63) is 80.7 Å². The predicted molar refractivity (Wildman–Crippen MR) is 237 cm³/mol. The third-order valence-electron chi connectivity index (χ3n) is 11.2. The summed E-state index contributed by atoms with van der Waals surface area (Å²) in [5.41, 5.74) is -0.667. The fraction of sp³-hybridized carbons (Fsp3) is 0.439. The fourth-order valence-corrected chi connectivity index (χ4v) is 10.7. The summed E-state index contributed by atoms with van der Waals surface area (Å²) in [6, 6.07) is 9.51. The summed E-state index contributed by atoms with van der Waals surface area (Å²) in [5.74, 6) is -1.61. The van der Waals surface area contributed by atoms with E-state index in [-0.39, 0.29) is 74.6 Å². The van der Waals surface area contributed by atoms with E-state index in [9.17, 15) is 22.8 Å². The van der Waals surface area contributed by atoms with Gasteiger partial charge in [0, 0.05) is 51.9 Å². The number of thiazole rings is 1. The molecule has 2 amide bonds. The maximum atomic E-state index is 15.0. The number of benzene rings is 2. The average molecular weight is 947 g/mol. The van der Waals surface area contributed by atoms with E-state index in [0.29, 0.717) is 55.3 Å². The number of Topliss-reactive ketones (excluding diaryl/α,β-unsaturated/α-hetero) is 1. The van der Waals surface area contributed by atoms with Crippen LogP contribution >= 0.6 is 71.0 Å². The van der Waals surface area contributed by atoms with E-state index in [1.165, 1.54) is 18.4 Å². The van der Waals surface area contributed by atoms with Crippen molar-refractivity contribution in [2.75, 3.05) is 13.7 Å². The van der Waals surface area contributed by atoms with Crippen molar-refractivity contribution in [1.29, 1.82) is 0 Å². The van der Waals surface area contributed by atoms with Gasteiger partial charge < -0.3 is 14.4 Å². The number of methoxy groups -OCH3 is 1. The molecule has 0 unspecified atom stereocenters. The molecule has 18 heteroatoms. The van der Waals surface area contributed by atoms with Crippen molar-refractivity contribution < 1.29 is 32.3 Å². The quantitative estimate of drug-likeness (QED) is 0.122. The van der Waals surface area contributed by atoms with Crippen LogP contribution in [0.1, 0.15) is 57.9 Å². The van der Waals surface area contributed by atoms with Crippen molar-refractivity contribution in [3.8, 4) is 22.9 Å². The van der Waals surface area contributed by atoms with Gasteiger partial charge in [0.15, 0.2) is 5.78 Å². The van der Waals surface area contributed by atoms with Gasteiger partial charge in [-0.15, -0.1) is 42.7 Å². The second-order valence-corrected chi connectivity index (χ2v) is 20.3. The summed E-state index contributed by atoms with van der Waals surface area (Å²) in [6.45, 7) is 9.79. The van der Waals surface area contributed by atoms with Gasteiger partial charge in [-0.05, 0) is 60.9 Å². The lowest BCUT2D eigenvalue weighted by Crippen LogP contribution is -2.48. The molecule has 3 aliphatic rings. The molecule has 59 heavy (non-hydrogen) atoms. The van der Waals surface area contributed by atoms with Gasteiger partial charge in [-0.2, -0.15) is 0 Å². The summed E-state index contributed by atoms with van der Waals surface area (Å²) in [6.07, 6.45) is 3.79. The van der Waals surface area contributed by atoms with E-state index in [1.807, 2.05) is 26.2 Å². The van der Waals surface area contributed by atoms with Crippen LogP contribution in [0.25, 0.3) is 22.0 Å². The average Bonchev–Trinajstić information content (AvgIpc) is 4.04. The van der Waals surface area contributed by atoms with Gasteiger partial charge in [-0.3, -0.25) is 19.1 Å². The first-order valence-corrected chi connectivity index (χ1v) is 22.2. The van der Waals surface area contributed by atoms with Crippen LogP contribution in [0.15, 0.2) is 60.6 Å². The van der Waals surface area contributed by atoms with Gasteiger partial charge in [-0.25, -0.2) is 18.4 Å². The Labute approximate surface area is 375 Å². The Morgan fingerprint density at radius 2 is 1.80 bits per heavy atom. The maximum Gasteiger partial charge on any atom is 0.240 e. The molecule has 0 radical (unpaired) electrons. The first-order chi connectivity index (χ1) is 26.9. The van der Waals surface area contributed by atoms with Crippen molar-refractivity contribution in [3.63, 3.8) is 0 Å². The zero-order chi connectivity index (χ0) is 41.0. The Morgan fingerprint density at radius 3 is 2.41 bits per heavy atom. The molecule has 5 atom stereocenters. The number of halogens is 5. The summed E-state index contributed by atoms with van der Waals surface area (Å²) in [4.78, 5) is 54.1. The van der Waals surface area contributed by atoms with Crippen LogP contribution in [0.5, 0.6) is 11.6 Å². The Balaban J connectivity index is 0.00000331. The number of pyridine rings is 1. The first kappa shape index (κ1) is 46.9. The van der Waals surface area contributed by atoms with Crippen LogP contribution in [0.4, 0.5) is 0 Å². The lowest BCUT2D eigenvalue weighted by Gasteiger charge is -2.35. The topological polar surface area (TPSA) is 145 Å². The van der Waals surface area contributed by atoms with E-state index in [0.717, 1.165) is 5.39 Å². The highest BCUT2D eigenvalue weighted by atomic mass is 35.5. The second-order valence-electron chi connectivity index (χ2n) is 16.2. The standard InChI is InChI=1S/C41H43Cl3N4O7S2.2ClH/c1-6-22-17-41(22,39(51)47-57(52,53)25-11-12-25)18-33(49)32-15-24(55-37-27-14-23(42)10-13-26(27)34(54-5)19-45-37)20-48(32)38(50)28(40(2,3)4)16-35-46-31(21-56-35)36-29(43)8-7-9-30(36)44;;/h6-10,13-14,19,21-22,24-25,28,32H,1,11-12,15-18,20H2,2-5H3,(H,47,51);2*1H/t22-,24-,28-,32+,41-;;/m1../s1. The van der Waals surface area contributed by atoms with Crippen LogP contribution in [0.2, 0.25) is 15.1 Å². The lowest BCUT2D eigenvalue weighted by molar-refractivity contribution is -0.144. The number of hydrogen-bond donors (Lipinski definition) is 1. The minimum Gasteiger partial charge on any atom is -0.494 e. The summed E-state index contributed by atoms with van der Waals surface area (Å²) in [5, 5.41) is 4.63. The molecule has 2 saturated carbocycles. The predicted octanol–water partition coefficient (Wildman–Crippen LogP) is 9.18. The number of rotatable bonds is 14. The Morgan fingerprint density at radius 1 is 1.10 bits per heavy atom. The molecule has 0 spiro atoms. The van der Waals surface area contributed by atoms with Crippen LogP contribution in [-0.4, -0.2) is 71.9 Å². The molecule has 11 nitrogen and oxygen atoms in total. The molecule has 4 aromatic rings. The van der Waals surface area contributed by atoms with Gasteiger partial charge in [0.25, 0.3) is 0 Å². The lowest BCUT2D eigenvalue weighted by atomic mass is 9.77. The Bertz CT molecular complexity index is 2370. The number of ether oxygens (including phenoxy) is 2. The number of sulfonamides is 1. The highest BCUT2D eigenvalue weighted by Gasteiger charge is 2.61. The van der Waals surface area contributed by atoms with Crippen LogP contribution in [-0.2, 0) is 30.8 Å². The number of carbonyl (C=O) groups excluding carboxylic acids is 3. The molecule has 2 aliphatic carbocycles. The van der Waals surface area contributed by atoms with E-state index in [4.69, 9.17) is 49.3 Å². The van der Waals surface area contributed by atoms with Crippen molar-refractivity contribution in [1.82, 2.24) is 19.6 Å². The van der Waals surface area contributed by atoms with Crippen molar-refractivity contribution in [2.45, 2.75) is 76.7 Å². The monoisotopic (exact) mass is 944 g/mol. The normalized spacial score (nSPS) is 21.8. The number of allylic oxidation sites excluding steroid dienone is 1. The van der Waals surface area contributed by atoms with Gasteiger partial charge in [0.2, 0.25) is 27.7 Å². The summed E-state index contributed by atoms with van der Waals surface area (Å²) >= 11 is 20.8. The molecule has 318 valence electrons. The molecule has 2 aromatic heterocycles. The largest absolute Gasteiger partial charge is 0.494 e. The first-order valence-electron chi connectivity index (χ1n) is 18.6.